The second kappa shape index (κ2) is 13.9. The van der Waals surface area contributed by atoms with Gasteiger partial charge in [-0.05, 0) is 66.9 Å². The van der Waals surface area contributed by atoms with Gasteiger partial charge in [0.1, 0.15) is 0 Å². The zero-order chi connectivity index (χ0) is 32.2. The van der Waals surface area contributed by atoms with Crippen molar-refractivity contribution in [2.45, 2.75) is 64.2 Å². The molecule has 0 radical (unpaired) electrons. The molecule has 2 aromatic rings. The van der Waals surface area contributed by atoms with Gasteiger partial charge in [-0.2, -0.15) is 4.58 Å². The van der Waals surface area contributed by atoms with Crippen molar-refractivity contribution < 1.29 is 14.1 Å². The van der Waals surface area contributed by atoms with Crippen LogP contribution < -0.4 is 10.2 Å². The van der Waals surface area contributed by atoms with Gasteiger partial charge in [-0.3, -0.25) is 4.79 Å². The summed E-state index contributed by atoms with van der Waals surface area (Å²) in [6.07, 6.45) is 16.5. The molecule has 1 aliphatic carbocycles. The van der Waals surface area contributed by atoms with E-state index in [4.69, 9.17) is 4.74 Å². The Morgan fingerprint density at radius 2 is 1.69 bits per heavy atom. The van der Waals surface area contributed by atoms with Crippen LogP contribution in [0.15, 0.2) is 118 Å². The number of esters is 1. The van der Waals surface area contributed by atoms with Crippen LogP contribution in [0, 0.1) is 0 Å². The van der Waals surface area contributed by atoms with Gasteiger partial charge in [0.05, 0.1) is 18.9 Å². The molecule has 0 unspecified atom stereocenters. The van der Waals surface area contributed by atoms with Gasteiger partial charge in [-0.15, -0.1) is 0 Å². The number of hydrogen-bond donors (Lipinski definition) is 1. The van der Waals surface area contributed by atoms with Gasteiger partial charge < -0.3 is 15.0 Å². The van der Waals surface area contributed by atoms with E-state index in [1.54, 1.807) is 0 Å². The van der Waals surface area contributed by atoms with Gasteiger partial charge in [-0.25, -0.2) is 0 Å². The van der Waals surface area contributed by atoms with E-state index < -0.39 is 0 Å². The minimum Gasteiger partial charge on any atom is -0.469 e. The van der Waals surface area contributed by atoms with Crippen molar-refractivity contribution in [2.24, 2.45) is 0 Å². The summed E-state index contributed by atoms with van der Waals surface area (Å²) in [5, 5.41) is 3.64. The number of para-hydroxylation sites is 2. The summed E-state index contributed by atoms with van der Waals surface area (Å²) in [6, 6.07) is 17.2. The standard InChI is InChI=1S/C38H41Br2N3O2/c1-37(2)29-13-6-8-15-31(29)42(25-22-39)33(37)19-17-27-11-10-12-28(36(27)41-24-21-35(44)45-5)18-20-34-38(3,4)30-14-7-9-16-32(30)43(34)26-23-40/h6-9,13-20,22-23,25-26H,10-12,21,24H2,1-5H3/p+1/b25-22+,26-23+,27-17+,33-19+. The number of hydrogen-bond acceptors (Lipinski definition) is 4. The normalized spacial score (nSPS) is 20.7. The molecule has 0 saturated heterocycles. The molecule has 0 atom stereocenters. The lowest BCUT2D eigenvalue weighted by atomic mass is 9.81. The van der Waals surface area contributed by atoms with Gasteiger partial charge in [0.25, 0.3) is 0 Å². The number of benzene rings is 2. The highest BCUT2D eigenvalue weighted by Gasteiger charge is 2.43. The van der Waals surface area contributed by atoms with Crippen LogP contribution in [0.5, 0.6) is 0 Å². The maximum atomic E-state index is 12.0. The monoisotopic (exact) mass is 730 g/mol. The summed E-state index contributed by atoms with van der Waals surface area (Å²) in [7, 11) is 1.44. The van der Waals surface area contributed by atoms with Crippen LogP contribution >= 0.6 is 31.9 Å². The molecule has 0 spiro atoms. The molecule has 45 heavy (non-hydrogen) atoms. The quantitative estimate of drug-likeness (QED) is 0.206. The largest absolute Gasteiger partial charge is 0.469 e. The first-order chi connectivity index (χ1) is 21.6. The van der Waals surface area contributed by atoms with Crippen molar-refractivity contribution >= 4 is 54.9 Å². The minimum atomic E-state index is -0.218. The number of anilines is 1. The van der Waals surface area contributed by atoms with Crippen LogP contribution in [0.25, 0.3) is 0 Å². The molecule has 3 aliphatic rings. The summed E-state index contributed by atoms with van der Waals surface area (Å²) in [5.74, 6) is -0.218. The van der Waals surface area contributed by atoms with E-state index in [2.05, 4.69) is 160 Å². The van der Waals surface area contributed by atoms with Crippen molar-refractivity contribution in [1.29, 1.82) is 0 Å². The van der Waals surface area contributed by atoms with E-state index >= 15 is 0 Å². The number of rotatable bonds is 9. The number of carbonyl (C=O) groups is 1. The maximum absolute atomic E-state index is 12.0. The lowest BCUT2D eigenvalue weighted by Crippen LogP contribution is -2.27. The molecule has 0 bridgehead atoms. The third-order valence-corrected chi connectivity index (χ3v) is 9.64. The first kappa shape index (κ1) is 33.0. The summed E-state index contributed by atoms with van der Waals surface area (Å²) in [4.78, 5) is 18.1. The lowest BCUT2D eigenvalue weighted by Gasteiger charge is -2.26. The molecule has 2 aliphatic heterocycles. The Labute approximate surface area is 284 Å². The van der Waals surface area contributed by atoms with Crippen LogP contribution in [0.3, 0.4) is 0 Å². The second-order valence-corrected chi connectivity index (χ2v) is 13.6. The molecule has 5 rings (SSSR count). The molecule has 0 amide bonds. The molecule has 1 N–H and O–H groups in total. The Morgan fingerprint density at radius 1 is 0.956 bits per heavy atom. The number of methoxy groups -OCH3 is 1. The number of allylic oxidation sites excluding steroid dienone is 7. The molecule has 5 nitrogen and oxygen atoms in total. The second-order valence-electron chi connectivity index (χ2n) is 12.5. The molecule has 0 saturated carbocycles. The summed E-state index contributed by atoms with van der Waals surface area (Å²) in [5.41, 5.74) is 10.7. The summed E-state index contributed by atoms with van der Waals surface area (Å²) >= 11 is 7.01. The van der Waals surface area contributed by atoms with Crippen molar-refractivity contribution in [1.82, 2.24) is 5.32 Å². The predicted octanol–water partition coefficient (Wildman–Crippen LogP) is 9.55. The third-order valence-electron chi connectivity index (χ3n) is 9.16. The van der Waals surface area contributed by atoms with E-state index in [0.717, 1.165) is 25.0 Å². The van der Waals surface area contributed by atoms with E-state index in [9.17, 15) is 4.79 Å². The van der Waals surface area contributed by atoms with Gasteiger partial charge in [0.15, 0.2) is 11.9 Å². The number of fused-ring (bicyclic) bond motifs is 2. The molecule has 234 valence electrons. The number of nitrogens with zero attached hydrogens (tertiary/aromatic N) is 2. The van der Waals surface area contributed by atoms with Gasteiger partial charge >= 0.3 is 5.97 Å². The van der Waals surface area contributed by atoms with Crippen LogP contribution in [0.4, 0.5) is 11.4 Å². The number of ether oxygens (including phenoxy) is 1. The van der Waals surface area contributed by atoms with Crippen LogP contribution in [-0.4, -0.2) is 29.9 Å². The SMILES string of the molecule is COC(=O)CCNC1=C(/C=C/C2=[N+](/C=C/Br)c3ccccc3C2(C)C)CCC/C1=C\C=C1\N(/C=C/Br)c2ccccc2C1(C)C. The summed E-state index contributed by atoms with van der Waals surface area (Å²) < 4.78 is 7.20. The minimum absolute atomic E-state index is 0.161. The highest BCUT2D eigenvalue weighted by atomic mass is 79.9. The molecular formula is C38H42Br2N3O2+. The van der Waals surface area contributed by atoms with E-state index in [1.165, 1.54) is 52.2 Å². The van der Waals surface area contributed by atoms with Gasteiger partial charge in [-0.1, -0.05) is 94.3 Å². The Hall–Kier alpha value is -3.42. The zero-order valence-corrected chi connectivity index (χ0v) is 29.9. The average Bonchev–Trinajstić information content (AvgIpc) is 3.38. The molecule has 7 heteroatoms. The number of nitrogens with one attached hydrogen (secondary N) is 1. The highest BCUT2D eigenvalue weighted by Crippen LogP contribution is 2.48. The lowest BCUT2D eigenvalue weighted by molar-refractivity contribution is -0.356. The molecule has 0 aromatic heterocycles. The van der Waals surface area contributed by atoms with Crippen LogP contribution in [-0.2, 0) is 20.4 Å². The van der Waals surface area contributed by atoms with Crippen molar-refractivity contribution in [2.75, 3.05) is 18.6 Å². The van der Waals surface area contributed by atoms with Gasteiger partial charge in [0.2, 0.25) is 5.69 Å². The Kier molecular flexibility index (Phi) is 10.2. The first-order valence-electron chi connectivity index (χ1n) is 15.5. The third kappa shape index (κ3) is 6.48. The number of carbonyl (C=O) groups excluding carboxylic acids is 1. The Bertz CT molecular complexity index is 1690. The predicted molar refractivity (Wildman–Crippen MR) is 193 cm³/mol. The van der Waals surface area contributed by atoms with Crippen molar-refractivity contribution in [3.63, 3.8) is 0 Å². The fraction of sp³-hybridized carbons (Fsp3) is 0.316. The summed E-state index contributed by atoms with van der Waals surface area (Å²) in [6.45, 7) is 9.64. The Morgan fingerprint density at radius 3 is 2.42 bits per heavy atom. The number of halogens is 2. The van der Waals surface area contributed by atoms with E-state index in [1.807, 2.05) is 9.97 Å². The van der Waals surface area contributed by atoms with Gasteiger partial charge in [0, 0.05) is 57.9 Å². The molecular weight excluding hydrogens is 690 g/mol. The highest BCUT2D eigenvalue weighted by molar-refractivity contribution is 9.11. The Balaban J connectivity index is 1.57. The fourth-order valence-corrected chi connectivity index (χ4v) is 7.28. The molecule has 2 aromatic carbocycles. The molecule has 0 fully saturated rings. The van der Waals surface area contributed by atoms with Crippen LogP contribution in [0.1, 0.15) is 64.5 Å². The smallest absolute Gasteiger partial charge is 0.307 e. The van der Waals surface area contributed by atoms with E-state index in [0.29, 0.717) is 13.0 Å². The molecule has 2 heterocycles. The van der Waals surface area contributed by atoms with E-state index in [-0.39, 0.29) is 16.8 Å². The van der Waals surface area contributed by atoms with Crippen molar-refractivity contribution in [3.8, 4) is 0 Å². The first-order valence-corrected chi connectivity index (χ1v) is 17.3. The van der Waals surface area contributed by atoms with Crippen molar-refractivity contribution in [3.05, 3.63) is 129 Å². The zero-order valence-electron chi connectivity index (χ0n) is 26.7. The topological polar surface area (TPSA) is 44.6 Å². The maximum Gasteiger partial charge on any atom is 0.307 e. The fourth-order valence-electron chi connectivity index (χ4n) is 6.81. The average molecular weight is 733 g/mol. The van der Waals surface area contributed by atoms with Crippen LogP contribution in [0.2, 0.25) is 0 Å².